The third-order valence-corrected chi connectivity index (χ3v) is 4.68. The van der Waals surface area contributed by atoms with Gasteiger partial charge in [-0.2, -0.15) is 0 Å². The van der Waals surface area contributed by atoms with E-state index in [1.165, 1.54) is 6.07 Å². The number of hydrogen-bond acceptors (Lipinski definition) is 3. The van der Waals surface area contributed by atoms with E-state index in [0.29, 0.717) is 0 Å². The van der Waals surface area contributed by atoms with Crippen LogP contribution in [0.1, 0.15) is 27.2 Å². The number of para-hydroxylation sites is 1. The summed E-state index contributed by atoms with van der Waals surface area (Å²) in [7, 11) is -3.52. The Bertz CT molecular complexity index is 471. The van der Waals surface area contributed by atoms with Gasteiger partial charge in [0.15, 0.2) is 0 Å². The van der Waals surface area contributed by atoms with Crippen LogP contribution in [0.4, 0.5) is 5.69 Å². The van der Waals surface area contributed by atoms with Crippen LogP contribution in [-0.4, -0.2) is 14.5 Å². The van der Waals surface area contributed by atoms with Crippen LogP contribution in [0.15, 0.2) is 29.2 Å². The highest BCUT2D eigenvalue weighted by Crippen LogP contribution is 2.18. The fraction of sp³-hybridized carbons (Fsp3) is 0.500. The number of rotatable bonds is 5. The maximum atomic E-state index is 12.1. The maximum Gasteiger partial charge on any atom is 0.242 e. The molecule has 0 heterocycles. The van der Waals surface area contributed by atoms with Crippen molar-refractivity contribution in [1.29, 1.82) is 0 Å². The highest BCUT2D eigenvalue weighted by Gasteiger charge is 2.21. The second-order valence-electron chi connectivity index (χ2n) is 4.33. The minimum Gasteiger partial charge on any atom is -0.398 e. The molecule has 3 N–H and O–H groups in total. The van der Waals surface area contributed by atoms with Gasteiger partial charge in [-0.1, -0.05) is 32.4 Å². The van der Waals surface area contributed by atoms with E-state index in [0.717, 1.165) is 6.42 Å². The summed E-state index contributed by atoms with van der Waals surface area (Å²) in [6.45, 7) is 5.92. The fourth-order valence-corrected chi connectivity index (χ4v) is 2.99. The third kappa shape index (κ3) is 3.44. The highest BCUT2D eigenvalue weighted by atomic mass is 32.2. The second kappa shape index (κ2) is 5.51. The van der Waals surface area contributed by atoms with Crippen LogP contribution >= 0.6 is 0 Å². The lowest BCUT2D eigenvalue weighted by atomic mass is 10.0. The van der Waals surface area contributed by atoms with Crippen LogP contribution in [0, 0.1) is 5.92 Å². The number of nitrogen functional groups attached to an aromatic ring is 1. The zero-order valence-electron chi connectivity index (χ0n) is 10.5. The predicted octanol–water partition coefficient (Wildman–Crippen LogP) is 1.98. The average molecular weight is 256 g/mol. The van der Waals surface area contributed by atoms with E-state index in [9.17, 15) is 8.42 Å². The normalized spacial score (nSPS) is 15.5. The predicted molar refractivity (Wildman–Crippen MR) is 70.1 cm³/mol. The van der Waals surface area contributed by atoms with Crippen molar-refractivity contribution >= 4 is 15.7 Å². The molecule has 0 bridgehead atoms. The number of nitrogens with one attached hydrogen (secondary N) is 1. The zero-order chi connectivity index (χ0) is 13.1. The van der Waals surface area contributed by atoms with Crippen molar-refractivity contribution in [3.8, 4) is 0 Å². The molecule has 0 saturated heterocycles. The molecule has 0 aliphatic rings. The first-order valence-electron chi connectivity index (χ1n) is 5.75. The van der Waals surface area contributed by atoms with Gasteiger partial charge in [0.2, 0.25) is 10.0 Å². The van der Waals surface area contributed by atoms with Gasteiger partial charge in [-0.15, -0.1) is 0 Å². The van der Waals surface area contributed by atoms with E-state index in [-0.39, 0.29) is 22.5 Å². The van der Waals surface area contributed by atoms with Crippen molar-refractivity contribution in [2.75, 3.05) is 5.73 Å². The van der Waals surface area contributed by atoms with E-state index >= 15 is 0 Å². The molecule has 96 valence electrons. The Morgan fingerprint density at radius 2 is 1.88 bits per heavy atom. The van der Waals surface area contributed by atoms with Crippen LogP contribution in [0.3, 0.4) is 0 Å². The molecule has 1 aromatic carbocycles. The summed E-state index contributed by atoms with van der Waals surface area (Å²) in [5.41, 5.74) is 5.95. The molecule has 4 nitrogen and oxygen atoms in total. The van der Waals surface area contributed by atoms with Crippen molar-refractivity contribution in [2.24, 2.45) is 5.92 Å². The van der Waals surface area contributed by atoms with E-state index in [1.807, 2.05) is 20.8 Å². The molecule has 2 unspecified atom stereocenters. The highest BCUT2D eigenvalue weighted by molar-refractivity contribution is 7.89. The Labute approximate surface area is 103 Å². The Balaban J connectivity index is 2.94. The molecule has 0 aliphatic heterocycles. The average Bonchev–Trinajstić information content (AvgIpc) is 2.27. The molecule has 17 heavy (non-hydrogen) atoms. The molecule has 0 aliphatic carbocycles. The van der Waals surface area contributed by atoms with Crippen molar-refractivity contribution in [3.05, 3.63) is 24.3 Å². The number of hydrogen-bond donors (Lipinski definition) is 2. The summed E-state index contributed by atoms with van der Waals surface area (Å²) in [5.74, 6) is 0.287. The Kier molecular flexibility index (Phi) is 4.54. The second-order valence-corrected chi connectivity index (χ2v) is 6.02. The molecule has 0 amide bonds. The molecule has 1 aromatic rings. The summed E-state index contributed by atoms with van der Waals surface area (Å²) in [4.78, 5) is 0.148. The Morgan fingerprint density at radius 3 is 2.41 bits per heavy atom. The van der Waals surface area contributed by atoms with Gasteiger partial charge < -0.3 is 5.73 Å². The van der Waals surface area contributed by atoms with E-state index < -0.39 is 10.0 Å². The SMILES string of the molecule is CCC(C)C(C)NS(=O)(=O)c1ccccc1N. The minimum atomic E-state index is -3.52. The molecule has 0 saturated carbocycles. The Morgan fingerprint density at radius 1 is 1.29 bits per heavy atom. The number of sulfonamides is 1. The van der Waals surface area contributed by atoms with Crippen LogP contribution in [0.2, 0.25) is 0 Å². The van der Waals surface area contributed by atoms with Gasteiger partial charge >= 0.3 is 0 Å². The van der Waals surface area contributed by atoms with Gasteiger partial charge in [0.1, 0.15) is 4.90 Å². The largest absolute Gasteiger partial charge is 0.398 e. The molecule has 0 spiro atoms. The van der Waals surface area contributed by atoms with Crippen LogP contribution in [-0.2, 0) is 10.0 Å². The first kappa shape index (κ1) is 14.0. The molecule has 0 fully saturated rings. The summed E-state index contributed by atoms with van der Waals surface area (Å²) < 4.78 is 26.8. The van der Waals surface area contributed by atoms with Crippen molar-refractivity contribution in [2.45, 2.75) is 38.1 Å². The van der Waals surface area contributed by atoms with Gasteiger partial charge in [-0.3, -0.25) is 0 Å². The molecule has 0 aromatic heterocycles. The van der Waals surface area contributed by atoms with Gasteiger partial charge in [0.25, 0.3) is 0 Å². The number of anilines is 1. The lowest BCUT2D eigenvalue weighted by Gasteiger charge is -2.20. The summed E-state index contributed by atoms with van der Waals surface area (Å²) >= 11 is 0. The smallest absolute Gasteiger partial charge is 0.242 e. The third-order valence-electron chi connectivity index (χ3n) is 3.05. The lowest BCUT2D eigenvalue weighted by Crippen LogP contribution is -2.37. The maximum absolute atomic E-state index is 12.1. The van der Waals surface area contributed by atoms with Crippen LogP contribution < -0.4 is 10.5 Å². The molecule has 1 rings (SSSR count). The minimum absolute atomic E-state index is 0.107. The van der Waals surface area contributed by atoms with Gasteiger partial charge in [-0.25, -0.2) is 13.1 Å². The number of benzene rings is 1. The molecule has 2 atom stereocenters. The summed E-state index contributed by atoms with van der Waals surface area (Å²) in [6, 6.07) is 6.37. The van der Waals surface area contributed by atoms with Crippen LogP contribution in [0.5, 0.6) is 0 Å². The monoisotopic (exact) mass is 256 g/mol. The van der Waals surface area contributed by atoms with Gasteiger partial charge in [0, 0.05) is 6.04 Å². The van der Waals surface area contributed by atoms with E-state index in [2.05, 4.69) is 4.72 Å². The standard InChI is InChI=1S/C12H20N2O2S/c1-4-9(2)10(3)14-17(15,16)12-8-6-5-7-11(12)13/h5-10,14H,4,13H2,1-3H3. The number of nitrogens with two attached hydrogens (primary N) is 1. The molecular weight excluding hydrogens is 236 g/mol. The van der Waals surface area contributed by atoms with Crippen molar-refractivity contribution < 1.29 is 8.42 Å². The van der Waals surface area contributed by atoms with E-state index in [4.69, 9.17) is 5.73 Å². The lowest BCUT2D eigenvalue weighted by molar-refractivity contribution is 0.434. The van der Waals surface area contributed by atoms with Crippen LogP contribution in [0.25, 0.3) is 0 Å². The van der Waals surface area contributed by atoms with Crippen molar-refractivity contribution in [3.63, 3.8) is 0 Å². The fourth-order valence-electron chi connectivity index (χ4n) is 1.50. The summed E-state index contributed by atoms with van der Waals surface area (Å²) in [6.07, 6.45) is 0.925. The topological polar surface area (TPSA) is 72.2 Å². The van der Waals surface area contributed by atoms with Gasteiger partial charge in [0.05, 0.1) is 5.69 Å². The van der Waals surface area contributed by atoms with Gasteiger partial charge in [-0.05, 0) is 25.0 Å². The first-order valence-corrected chi connectivity index (χ1v) is 7.23. The van der Waals surface area contributed by atoms with Crippen molar-refractivity contribution in [1.82, 2.24) is 4.72 Å². The quantitative estimate of drug-likeness (QED) is 0.791. The Hall–Kier alpha value is -1.07. The molecule has 0 radical (unpaired) electrons. The zero-order valence-corrected chi connectivity index (χ0v) is 11.3. The molecule has 5 heteroatoms. The molecular formula is C12H20N2O2S. The summed E-state index contributed by atoms with van der Waals surface area (Å²) in [5, 5.41) is 0. The first-order chi connectivity index (χ1) is 7.88. The van der Waals surface area contributed by atoms with E-state index in [1.54, 1.807) is 18.2 Å².